The lowest BCUT2D eigenvalue weighted by Crippen LogP contribution is -2.62. The average molecular weight is 1020 g/mol. The maximum atomic E-state index is 15.0. The van der Waals surface area contributed by atoms with Gasteiger partial charge in [0.1, 0.15) is 30.2 Å². The van der Waals surface area contributed by atoms with Crippen LogP contribution in [0.25, 0.3) is 10.9 Å². The van der Waals surface area contributed by atoms with Crippen LogP contribution in [-0.2, 0) is 55.9 Å². The molecule has 2 saturated carbocycles. The second-order valence-corrected chi connectivity index (χ2v) is 20.5. The van der Waals surface area contributed by atoms with Crippen molar-refractivity contribution in [2.75, 3.05) is 26.7 Å². The molecule has 4 aliphatic rings. The highest BCUT2D eigenvalue weighted by Gasteiger charge is 2.45. The van der Waals surface area contributed by atoms with Gasteiger partial charge in [-0.15, -0.1) is 0 Å². The number of esters is 1. The summed E-state index contributed by atoms with van der Waals surface area (Å²) in [4.78, 5) is 119. The molecule has 20 nitrogen and oxygen atoms in total. The molecule has 2 saturated heterocycles. The second-order valence-electron chi connectivity index (χ2n) is 20.5. The lowest BCUT2D eigenvalue weighted by Gasteiger charge is -2.35. The summed E-state index contributed by atoms with van der Waals surface area (Å²) < 4.78 is 4.81. The predicted octanol–water partition coefficient (Wildman–Crippen LogP) is 2.43. The van der Waals surface area contributed by atoms with E-state index in [2.05, 4.69) is 42.2 Å². The summed E-state index contributed by atoms with van der Waals surface area (Å²) in [6.45, 7) is 0.285. The number of methoxy groups -OCH3 is 1. The number of ketones is 1. The largest absolute Gasteiger partial charge is 0.469 e. The predicted molar refractivity (Wildman–Crippen MR) is 277 cm³/mol. The number of nitrogens with two attached hydrogens (primary N) is 1. The molecule has 11 N–H and O–H groups in total. The summed E-state index contributed by atoms with van der Waals surface area (Å²) >= 11 is 0. The van der Waals surface area contributed by atoms with Crippen molar-refractivity contribution >= 4 is 64.1 Å². The number of nitrogens with zero attached hydrogens (tertiary/aromatic N) is 1. The van der Waals surface area contributed by atoms with Gasteiger partial charge in [0.2, 0.25) is 35.4 Å². The number of Topliss-reactive ketones (excluding diaryl/α,β-unsaturated/α-hetero) is 1. The molecule has 3 heterocycles. The van der Waals surface area contributed by atoms with Crippen LogP contribution in [0.2, 0.25) is 0 Å². The van der Waals surface area contributed by atoms with E-state index in [4.69, 9.17) is 15.9 Å². The standard InChI is InChI=1S/C54H75N11O9/c1-74-46(67)23-22-45(66)54(25-10-11-26-54)64-43(31-35-16-6-3-7-17-35)50(71)61-40-24-28-57-47(68)39(20-12-27-58-53(55)56)60-49(70)42(32-36-33-59-38-19-9-8-18-37(36)38)62-48(69)41(30-34-14-4-2-5-15-34)63-51(72)44-21-13-29-65(44)52(40)73/h3,6-9,16-19,33-34,39-44,59,64H,2,4-5,10-15,20-32H2,1H3,(H,57,68)(H,60,70)(H,61,71)(H,62,69)(H,63,72)(H4,55,56,58)/t39-,40-,41+,42-,43-,44-/m0/s1. The van der Waals surface area contributed by atoms with Crippen molar-refractivity contribution in [3.05, 3.63) is 71.9 Å². The fourth-order valence-corrected chi connectivity index (χ4v) is 11.3. The number of hydrogen-bond acceptors (Lipinski definition) is 11. The minimum atomic E-state index is -1.27. The van der Waals surface area contributed by atoms with E-state index in [0.29, 0.717) is 38.5 Å². The Balaban J connectivity index is 1.21. The Morgan fingerprint density at radius 1 is 0.811 bits per heavy atom. The molecule has 3 aromatic rings. The molecule has 0 radical (unpaired) electrons. The van der Waals surface area contributed by atoms with Crippen LogP contribution in [0.15, 0.2) is 60.8 Å². The van der Waals surface area contributed by atoms with E-state index in [1.165, 1.54) is 12.0 Å². The lowest BCUT2D eigenvalue weighted by molar-refractivity contribution is -0.143. The third kappa shape index (κ3) is 14.7. The number of hydrogen-bond donors (Lipinski definition) is 10. The van der Waals surface area contributed by atoms with Crippen molar-refractivity contribution in [1.29, 1.82) is 5.41 Å². The van der Waals surface area contributed by atoms with Gasteiger partial charge in [-0.3, -0.25) is 49.1 Å². The third-order valence-corrected chi connectivity index (χ3v) is 15.3. The summed E-state index contributed by atoms with van der Waals surface area (Å²) in [5.74, 6) is -4.30. The molecule has 74 heavy (non-hydrogen) atoms. The number of rotatable bonds is 18. The van der Waals surface area contributed by atoms with E-state index >= 15 is 4.79 Å². The first-order chi connectivity index (χ1) is 35.7. The number of amides is 6. The van der Waals surface area contributed by atoms with E-state index in [1.54, 1.807) is 6.20 Å². The SMILES string of the molecule is COC(=O)CCC(=O)C1(N[C@@H](Cc2ccccc2)C(=O)N[C@H]2CCNC(=O)[C@H](CCCNC(=N)N)NC(=O)[C@H](Cc3c[nH]c4ccccc34)NC(=O)[C@@H](CC3CCCCC3)NC(=O)[C@@H]3CCCN3C2=O)CCCC1. The van der Waals surface area contributed by atoms with Gasteiger partial charge in [0, 0.05) is 49.6 Å². The first kappa shape index (κ1) is 54.9. The number of para-hydroxylation sites is 1. The van der Waals surface area contributed by atoms with Crippen molar-refractivity contribution in [3.63, 3.8) is 0 Å². The van der Waals surface area contributed by atoms with E-state index in [1.807, 2.05) is 54.6 Å². The quantitative estimate of drug-likeness (QED) is 0.0381. The van der Waals surface area contributed by atoms with Crippen LogP contribution in [0, 0.1) is 11.3 Å². The summed E-state index contributed by atoms with van der Waals surface area (Å²) in [6.07, 6.45) is 10.3. The normalized spacial score (nSPS) is 23.6. The third-order valence-electron chi connectivity index (χ3n) is 15.3. The Morgan fingerprint density at radius 2 is 1.51 bits per heavy atom. The number of aromatic amines is 1. The van der Waals surface area contributed by atoms with Gasteiger partial charge < -0.3 is 52.3 Å². The van der Waals surface area contributed by atoms with Gasteiger partial charge in [-0.1, -0.05) is 93.5 Å². The molecule has 20 heteroatoms. The van der Waals surface area contributed by atoms with Gasteiger partial charge in [-0.05, 0) is 80.9 Å². The topological polar surface area (TPSA) is 299 Å². The van der Waals surface area contributed by atoms with Gasteiger partial charge in [0.15, 0.2) is 11.7 Å². The maximum Gasteiger partial charge on any atom is 0.305 e. The molecule has 0 unspecified atom stereocenters. The summed E-state index contributed by atoms with van der Waals surface area (Å²) in [6, 6.07) is 10.2. The summed E-state index contributed by atoms with van der Waals surface area (Å²) in [5.41, 5.74) is 6.82. The number of nitrogens with one attached hydrogen (secondary N) is 9. The zero-order chi connectivity index (χ0) is 52.6. The fourth-order valence-electron chi connectivity index (χ4n) is 11.3. The Bertz CT molecular complexity index is 2470. The fraction of sp³-hybridized carbons (Fsp3) is 0.574. The van der Waals surface area contributed by atoms with Crippen LogP contribution in [0.1, 0.15) is 120 Å². The Labute approximate surface area is 432 Å². The molecule has 0 bridgehead atoms. The molecule has 6 amide bonds. The molecular formula is C54H75N11O9. The van der Waals surface area contributed by atoms with Gasteiger partial charge in [0.05, 0.1) is 25.1 Å². The molecular weight excluding hydrogens is 947 g/mol. The first-order valence-electron chi connectivity index (χ1n) is 26.6. The molecule has 1 aromatic heterocycles. The molecule has 6 atom stereocenters. The Kier molecular flexibility index (Phi) is 19.6. The van der Waals surface area contributed by atoms with Crippen molar-refractivity contribution < 1.29 is 43.1 Å². The highest BCUT2D eigenvalue weighted by Crippen LogP contribution is 2.33. The molecule has 2 aliphatic heterocycles. The van der Waals surface area contributed by atoms with E-state index in [-0.39, 0.29) is 75.8 Å². The van der Waals surface area contributed by atoms with Crippen molar-refractivity contribution in [2.24, 2.45) is 11.7 Å². The molecule has 7 rings (SSSR count). The van der Waals surface area contributed by atoms with Crippen molar-refractivity contribution in [2.45, 2.75) is 164 Å². The highest BCUT2D eigenvalue weighted by molar-refractivity contribution is 5.98. The van der Waals surface area contributed by atoms with Crippen LogP contribution in [-0.4, -0.2) is 132 Å². The summed E-state index contributed by atoms with van der Waals surface area (Å²) in [5, 5.41) is 29.4. The molecule has 2 aliphatic carbocycles. The number of carbonyl (C=O) groups excluding carboxylic acids is 8. The number of fused-ring (bicyclic) bond motifs is 2. The Morgan fingerprint density at radius 3 is 2.26 bits per heavy atom. The van der Waals surface area contributed by atoms with Crippen LogP contribution >= 0.6 is 0 Å². The van der Waals surface area contributed by atoms with Crippen LogP contribution in [0.4, 0.5) is 0 Å². The number of H-pyrrole nitrogens is 1. The van der Waals surface area contributed by atoms with Gasteiger partial charge in [-0.25, -0.2) is 0 Å². The maximum absolute atomic E-state index is 15.0. The van der Waals surface area contributed by atoms with Crippen molar-refractivity contribution in [3.8, 4) is 0 Å². The van der Waals surface area contributed by atoms with Gasteiger partial charge >= 0.3 is 5.97 Å². The van der Waals surface area contributed by atoms with Gasteiger partial charge in [0.25, 0.3) is 0 Å². The molecule has 2 aromatic carbocycles. The first-order valence-corrected chi connectivity index (χ1v) is 26.6. The second kappa shape index (κ2) is 26.4. The van der Waals surface area contributed by atoms with Crippen molar-refractivity contribution in [1.82, 2.24) is 47.1 Å². The minimum absolute atomic E-state index is 0.0566. The number of carbonyl (C=O) groups is 8. The van der Waals surface area contributed by atoms with E-state index in [0.717, 1.165) is 67.0 Å². The number of aromatic nitrogens is 1. The molecule has 400 valence electrons. The summed E-state index contributed by atoms with van der Waals surface area (Å²) in [7, 11) is 1.26. The zero-order valence-corrected chi connectivity index (χ0v) is 42.6. The smallest absolute Gasteiger partial charge is 0.305 e. The van der Waals surface area contributed by atoms with E-state index in [9.17, 15) is 33.6 Å². The molecule has 4 fully saturated rings. The lowest BCUT2D eigenvalue weighted by atomic mass is 9.84. The average Bonchev–Trinajstić information content (AvgIpc) is 4.19. The van der Waals surface area contributed by atoms with Crippen LogP contribution < -0.4 is 43.0 Å². The van der Waals surface area contributed by atoms with Crippen LogP contribution in [0.5, 0.6) is 0 Å². The van der Waals surface area contributed by atoms with Gasteiger partial charge in [-0.2, -0.15) is 0 Å². The number of ether oxygens (including phenoxy) is 1. The number of guanidine groups is 1. The van der Waals surface area contributed by atoms with E-state index < -0.39 is 83.2 Å². The highest BCUT2D eigenvalue weighted by atomic mass is 16.5. The monoisotopic (exact) mass is 1020 g/mol. The molecule has 0 spiro atoms. The van der Waals surface area contributed by atoms with Crippen LogP contribution in [0.3, 0.4) is 0 Å². The minimum Gasteiger partial charge on any atom is -0.469 e. The number of benzene rings is 2. The Hall–Kier alpha value is -6.83. The zero-order valence-electron chi connectivity index (χ0n) is 42.6.